The second-order valence-electron chi connectivity index (χ2n) is 7.81. The number of alkyl carbamates (subject to hydrolysis) is 1. The van der Waals surface area contributed by atoms with Crippen molar-refractivity contribution in [1.29, 1.82) is 0 Å². The monoisotopic (exact) mass is 443 g/mol. The van der Waals surface area contributed by atoms with Crippen molar-refractivity contribution in [2.24, 2.45) is 0 Å². The molecule has 0 bridgehead atoms. The van der Waals surface area contributed by atoms with Gasteiger partial charge >= 0.3 is 12.1 Å². The van der Waals surface area contributed by atoms with E-state index >= 15 is 0 Å². The van der Waals surface area contributed by atoms with E-state index in [2.05, 4.69) is 24.0 Å². The molecule has 0 saturated heterocycles. The van der Waals surface area contributed by atoms with E-state index in [-0.39, 0.29) is 31.3 Å². The van der Waals surface area contributed by atoms with Crippen molar-refractivity contribution in [3.8, 4) is 16.9 Å². The Morgan fingerprint density at radius 2 is 1.55 bits per heavy atom. The van der Waals surface area contributed by atoms with Crippen molar-refractivity contribution in [1.82, 2.24) is 5.32 Å². The van der Waals surface area contributed by atoms with Crippen molar-refractivity contribution < 1.29 is 24.2 Å². The van der Waals surface area contributed by atoms with Crippen molar-refractivity contribution in [2.45, 2.75) is 18.4 Å². The van der Waals surface area contributed by atoms with Gasteiger partial charge in [0.05, 0.1) is 0 Å². The lowest BCUT2D eigenvalue weighted by Gasteiger charge is -2.19. The summed E-state index contributed by atoms with van der Waals surface area (Å²) in [5.74, 6) is -0.545. The molecule has 0 heterocycles. The predicted molar refractivity (Wildman–Crippen MR) is 125 cm³/mol. The molecule has 0 saturated carbocycles. The minimum atomic E-state index is -0.940. The molecule has 1 atom stereocenters. The number of carbonyl (C=O) groups is 2. The Morgan fingerprint density at radius 3 is 2.15 bits per heavy atom. The van der Waals surface area contributed by atoms with Crippen molar-refractivity contribution in [3.05, 3.63) is 102 Å². The van der Waals surface area contributed by atoms with E-state index in [1.54, 1.807) is 12.1 Å². The van der Waals surface area contributed by atoms with E-state index in [0.717, 1.165) is 27.8 Å². The summed E-state index contributed by atoms with van der Waals surface area (Å²) in [5, 5.41) is 12.1. The lowest BCUT2D eigenvalue weighted by Crippen LogP contribution is -2.44. The Labute approximate surface area is 192 Å². The second kappa shape index (κ2) is 10.0. The molecule has 1 aliphatic rings. The van der Waals surface area contributed by atoms with Gasteiger partial charge in [-0.15, -0.1) is 0 Å². The number of esters is 1. The molecule has 2 N–H and O–H groups in total. The van der Waals surface area contributed by atoms with Gasteiger partial charge < -0.3 is 19.9 Å². The van der Waals surface area contributed by atoms with Crippen LogP contribution >= 0.6 is 0 Å². The summed E-state index contributed by atoms with van der Waals surface area (Å²) in [6.45, 7) is 3.73. The van der Waals surface area contributed by atoms with Crippen LogP contribution in [-0.2, 0) is 20.7 Å². The number of benzene rings is 3. The largest absolute Gasteiger partial charge is 0.508 e. The lowest BCUT2D eigenvalue weighted by atomic mass is 9.98. The second-order valence-corrected chi connectivity index (χ2v) is 7.81. The van der Waals surface area contributed by atoms with Crippen molar-refractivity contribution in [2.75, 3.05) is 13.2 Å². The number of fused-ring (bicyclic) bond motifs is 3. The third-order valence-corrected chi connectivity index (χ3v) is 5.64. The normalized spacial score (nSPS) is 12.8. The maximum Gasteiger partial charge on any atom is 0.407 e. The molecule has 3 aromatic rings. The number of amides is 1. The molecule has 0 spiro atoms. The van der Waals surface area contributed by atoms with Crippen LogP contribution in [0.15, 0.2) is 85.5 Å². The maximum absolute atomic E-state index is 12.7. The zero-order valence-corrected chi connectivity index (χ0v) is 18.1. The van der Waals surface area contributed by atoms with Gasteiger partial charge in [-0.05, 0) is 39.9 Å². The van der Waals surface area contributed by atoms with E-state index in [1.807, 2.05) is 36.4 Å². The molecule has 168 valence electrons. The minimum absolute atomic E-state index is 0.0390. The van der Waals surface area contributed by atoms with Crippen LogP contribution < -0.4 is 5.32 Å². The molecule has 6 nitrogen and oxygen atoms in total. The van der Waals surface area contributed by atoms with Gasteiger partial charge in [-0.25, -0.2) is 9.59 Å². The van der Waals surface area contributed by atoms with Gasteiger partial charge in [0.25, 0.3) is 0 Å². The average molecular weight is 443 g/mol. The van der Waals surface area contributed by atoms with Gasteiger partial charge in [-0.1, -0.05) is 73.3 Å². The number of aromatic hydroxyl groups is 1. The van der Waals surface area contributed by atoms with Crippen molar-refractivity contribution >= 4 is 12.1 Å². The molecule has 1 aliphatic carbocycles. The first kappa shape index (κ1) is 22.1. The molecule has 0 aromatic heterocycles. The molecular weight excluding hydrogens is 418 g/mol. The summed E-state index contributed by atoms with van der Waals surface area (Å²) in [6.07, 6.45) is 0.958. The Kier molecular flexibility index (Phi) is 6.74. The highest BCUT2D eigenvalue weighted by Gasteiger charge is 2.30. The summed E-state index contributed by atoms with van der Waals surface area (Å²) in [6, 6.07) is 21.6. The summed E-state index contributed by atoms with van der Waals surface area (Å²) < 4.78 is 10.7. The lowest BCUT2D eigenvalue weighted by molar-refractivity contribution is -0.144. The first-order chi connectivity index (χ1) is 16.1. The first-order valence-electron chi connectivity index (χ1n) is 10.7. The quantitative estimate of drug-likeness (QED) is 0.394. The van der Waals surface area contributed by atoms with Gasteiger partial charge in [-0.3, -0.25) is 0 Å². The van der Waals surface area contributed by atoms with Crippen LogP contribution in [0.2, 0.25) is 0 Å². The fourth-order valence-corrected chi connectivity index (χ4v) is 4.09. The van der Waals surface area contributed by atoms with E-state index in [9.17, 15) is 14.7 Å². The van der Waals surface area contributed by atoms with Crippen LogP contribution in [0.1, 0.15) is 22.6 Å². The maximum atomic E-state index is 12.7. The third kappa shape index (κ3) is 5.06. The highest BCUT2D eigenvalue weighted by atomic mass is 16.6. The Morgan fingerprint density at radius 1 is 0.939 bits per heavy atom. The summed E-state index contributed by atoms with van der Waals surface area (Å²) >= 11 is 0. The van der Waals surface area contributed by atoms with Crippen LogP contribution in [0.5, 0.6) is 5.75 Å². The number of hydrogen-bond acceptors (Lipinski definition) is 5. The Hall–Kier alpha value is -4.06. The molecular formula is C27H25NO5. The zero-order valence-electron chi connectivity index (χ0n) is 18.1. The van der Waals surface area contributed by atoms with Gasteiger partial charge in [0.1, 0.15) is 25.0 Å². The Bertz CT molecular complexity index is 1110. The number of phenolic OH excluding ortho intramolecular Hbond substituents is 1. The zero-order chi connectivity index (χ0) is 23.2. The van der Waals surface area contributed by atoms with Crippen LogP contribution in [0.25, 0.3) is 11.1 Å². The van der Waals surface area contributed by atoms with Gasteiger partial charge in [0, 0.05) is 12.3 Å². The highest BCUT2D eigenvalue weighted by Crippen LogP contribution is 2.44. The topological polar surface area (TPSA) is 84.9 Å². The number of phenols is 1. The van der Waals surface area contributed by atoms with Crippen LogP contribution in [0.4, 0.5) is 4.79 Å². The standard InChI is InChI=1S/C27H25NO5/c1-2-15-32-26(30)25(16-18-11-13-19(29)14-12-18)28-27(31)33-17-24-22-9-5-3-7-20(22)21-8-4-6-10-23(21)24/h2-14,24-25,29H,1,15-17H2,(H,28,31)/t25-/m0/s1. The molecule has 1 amide bonds. The number of ether oxygens (including phenoxy) is 2. The number of rotatable bonds is 8. The molecule has 0 aliphatic heterocycles. The smallest absolute Gasteiger partial charge is 0.407 e. The fourth-order valence-electron chi connectivity index (χ4n) is 4.09. The number of nitrogens with one attached hydrogen (secondary N) is 1. The van der Waals surface area contributed by atoms with Gasteiger partial charge in [0.15, 0.2) is 0 Å². The van der Waals surface area contributed by atoms with Crippen LogP contribution in [-0.4, -0.2) is 36.4 Å². The van der Waals surface area contributed by atoms with Gasteiger partial charge in [0.2, 0.25) is 0 Å². The predicted octanol–water partition coefficient (Wildman–Crippen LogP) is 4.57. The van der Waals surface area contributed by atoms with Crippen LogP contribution in [0.3, 0.4) is 0 Å². The van der Waals surface area contributed by atoms with E-state index in [1.165, 1.54) is 18.2 Å². The molecule has 33 heavy (non-hydrogen) atoms. The summed E-state index contributed by atoms with van der Waals surface area (Å²) in [4.78, 5) is 25.2. The molecule has 4 rings (SSSR count). The van der Waals surface area contributed by atoms with Crippen LogP contribution in [0, 0.1) is 0 Å². The molecule has 6 heteroatoms. The van der Waals surface area contributed by atoms with E-state index < -0.39 is 18.1 Å². The fraction of sp³-hybridized carbons (Fsp3) is 0.185. The molecule has 0 unspecified atom stereocenters. The average Bonchev–Trinajstić information content (AvgIpc) is 3.16. The minimum Gasteiger partial charge on any atom is -0.508 e. The van der Waals surface area contributed by atoms with Crippen molar-refractivity contribution in [3.63, 3.8) is 0 Å². The third-order valence-electron chi connectivity index (χ3n) is 5.64. The highest BCUT2D eigenvalue weighted by molar-refractivity contribution is 5.82. The molecule has 0 fully saturated rings. The SMILES string of the molecule is C=CCOC(=O)[C@H](Cc1ccc(O)cc1)NC(=O)OCC1c2ccccc2-c2ccccc21. The Balaban J connectivity index is 1.44. The van der Waals surface area contributed by atoms with E-state index in [4.69, 9.17) is 9.47 Å². The number of carbonyl (C=O) groups excluding carboxylic acids is 2. The summed E-state index contributed by atoms with van der Waals surface area (Å²) in [5.41, 5.74) is 5.25. The van der Waals surface area contributed by atoms with E-state index in [0.29, 0.717) is 0 Å². The molecule has 0 radical (unpaired) electrons. The van der Waals surface area contributed by atoms with Gasteiger partial charge in [-0.2, -0.15) is 0 Å². The molecule has 3 aromatic carbocycles. The first-order valence-corrected chi connectivity index (χ1v) is 10.7. The number of hydrogen-bond donors (Lipinski definition) is 2. The summed E-state index contributed by atoms with van der Waals surface area (Å²) in [7, 11) is 0.